The predicted octanol–water partition coefficient (Wildman–Crippen LogP) is 1.58. The molecule has 1 aromatic rings. The number of primary amides is 1. The van der Waals surface area contributed by atoms with E-state index in [1.165, 1.54) is 12.1 Å². The van der Waals surface area contributed by atoms with Gasteiger partial charge in [-0.2, -0.15) is 0 Å². The molecule has 8 nitrogen and oxygen atoms in total. The van der Waals surface area contributed by atoms with Crippen molar-refractivity contribution in [1.82, 2.24) is 10.2 Å². The highest BCUT2D eigenvalue weighted by Gasteiger charge is 2.26. The minimum atomic E-state index is -0.716. The molecule has 0 aliphatic carbocycles. The maximum atomic E-state index is 12.0. The van der Waals surface area contributed by atoms with Crippen molar-refractivity contribution in [3.05, 3.63) is 39.9 Å². The molecule has 1 unspecified atom stereocenters. The van der Waals surface area contributed by atoms with Crippen LogP contribution in [0.5, 0.6) is 0 Å². The standard InChI is InChI=1S/C17H26N4O4/c1-3-9-19-16(22)11-15(17(18)23)20(10-4-2)12-13-5-7-14(8-6-13)21(24)25/h5-8,15H,3-4,9-12H2,1-2H3,(H2,18,23)(H,19,22). The summed E-state index contributed by atoms with van der Waals surface area (Å²) in [4.78, 5) is 36.0. The van der Waals surface area contributed by atoms with Gasteiger partial charge < -0.3 is 11.1 Å². The number of hydrogen-bond donors (Lipinski definition) is 2. The molecule has 0 aliphatic rings. The van der Waals surface area contributed by atoms with E-state index >= 15 is 0 Å². The molecule has 3 N–H and O–H groups in total. The molecule has 0 saturated carbocycles. The highest BCUT2D eigenvalue weighted by atomic mass is 16.6. The minimum absolute atomic E-state index is 0.00230. The Bertz CT molecular complexity index is 589. The number of nitrogens with one attached hydrogen (secondary N) is 1. The fourth-order valence-electron chi connectivity index (χ4n) is 2.51. The number of rotatable bonds is 11. The summed E-state index contributed by atoms with van der Waals surface area (Å²) in [6.45, 7) is 5.45. The molecule has 1 rings (SSSR count). The number of carbonyl (C=O) groups excluding carboxylic acids is 2. The lowest BCUT2D eigenvalue weighted by molar-refractivity contribution is -0.384. The van der Waals surface area contributed by atoms with Crippen LogP contribution >= 0.6 is 0 Å². The van der Waals surface area contributed by atoms with E-state index in [-0.39, 0.29) is 18.0 Å². The summed E-state index contributed by atoms with van der Waals surface area (Å²) in [6.07, 6.45) is 1.60. The fraction of sp³-hybridized carbons (Fsp3) is 0.529. The number of nitrogens with zero attached hydrogens (tertiary/aromatic N) is 2. The first-order valence-electron chi connectivity index (χ1n) is 8.42. The first-order chi connectivity index (χ1) is 11.9. The number of benzene rings is 1. The third-order valence-electron chi connectivity index (χ3n) is 3.76. The van der Waals surface area contributed by atoms with Crippen molar-refractivity contribution in [2.45, 2.75) is 45.7 Å². The Labute approximate surface area is 147 Å². The number of nitro benzene ring substituents is 1. The Morgan fingerprint density at radius 1 is 1.24 bits per heavy atom. The molecule has 0 saturated heterocycles. The van der Waals surface area contributed by atoms with Crippen LogP contribution in [-0.2, 0) is 16.1 Å². The van der Waals surface area contributed by atoms with Crippen LogP contribution in [0.25, 0.3) is 0 Å². The Kier molecular flexibility index (Phi) is 8.55. The zero-order valence-corrected chi connectivity index (χ0v) is 14.7. The molecule has 0 fully saturated rings. The fourth-order valence-corrected chi connectivity index (χ4v) is 2.51. The van der Waals surface area contributed by atoms with Crippen molar-refractivity contribution in [3.8, 4) is 0 Å². The van der Waals surface area contributed by atoms with Gasteiger partial charge >= 0.3 is 0 Å². The van der Waals surface area contributed by atoms with Crippen LogP contribution in [0.4, 0.5) is 5.69 Å². The third kappa shape index (κ3) is 6.88. The molecule has 1 atom stereocenters. The molecule has 0 aliphatic heterocycles. The number of amides is 2. The molecule has 0 aromatic heterocycles. The molecule has 0 bridgehead atoms. The van der Waals surface area contributed by atoms with Gasteiger partial charge in [-0.1, -0.05) is 26.0 Å². The van der Waals surface area contributed by atoms with Crippen LogP contribution in [0.1, 0.15) is 38.7 Å². The van der Waals surface area contributed by atoms with Gasteiger partial charge in [0.1, 0.15) is 0 Å². The summed E-state index contributed by atoms with van der Waals surface area (Å²) in [5.41, 5.74) is 6.34. The normalized spacial score (nSPS) is 12.0. The molecule has 2 amide bonds. The van der Waals surface area contributed by atoms with Crippen molar-refractivity contribution in [2.24, 2.45) is 5.73 Å². The lowest BCUT2D eigenvalue weighted by Crippen LogP contribution is -2.47. The lowest BCUT2D eigenvalue weighted by Gasteiger charge is -2.29. The lowest BCUT2D eigenvalue weighted by atomic mass is 10.1. The van der Waals surface area contributed by atoms with Crippen LogP contribution in [0.15, 0.2) is 24.3 Å². The minimum Gasteiger partial charge on any atom is -0.368 e. The van der Waals surface area contributed by atoms with Gasteiger partial charge in [0.15, 0.2) is 0 Å². The smallest absolute Gasteiger partial charge is 0.269 e. The van der Waals surface area contributed by atoms with E-state index in [0.717, 1.165) is 18.4 Å². The van der Waals surface area contributed by atoms with Gasteiger partial charge in [-0.25, -0.2) is 0 Å². The second kappa shape index (κ2) is 10.4. The number of nitrogens with two attached hydrogens (primary N) is 1. The van der Waals surface area contributed by atoms with Crippen molar-refractivity contribution < 1.29 is 14.5 Å². The van der Waals surface area contributed by atoms with Crippen LogP contribution in [0, 0.1) is 10.1 Å². The largest absolute Gasteiger partial charge is 0.368 e. The van der Waals surface area contributed by atoms with Crippen molar-refractivity contribution in [3.63, 3.8) is 0 Å². The van der Waals surface area contributed by atoms with E-state index in [2.05, 4.69) is 5.32 Å². The van der Waals surface area contributed by atoms with Gasteiger partial charge in [-0.3, -0.25) is 24.6 Å². The summed E-state index contributed by atoms with van der Waals surface area (Å²) in [5, 5.41) is 13.5. The molecule has 8 heteroatoms. The summed E-state index contributed by atoms with van der Waals surface area (Å²) < 4.78 is 0. The maximum absolute atomic E-state index is 12.0. The number of carbonyl (C=O) groups is 2. The van der Waals surface area contributed by atoms with Crippen LogP contribution in [-0.4, -0.2) is 40.8 Å². The Balaban J connectivity index is 2.87. The van der Waals surface area contributed by atoms with Gasteiger partial charge in [0.25, 0.3) is 5.69 Å². The third-order valence-corrected chi connectivity index (χ3v) is 3.76. The SMILES string of the molecule is CCCNC(=O)CC(C(N)=O)N(CCC)Cc1ccc([N+](=O)[O-])cc1. The Morgan fingerprint density at radius 2 is 1.88 bits per heavy atom. The molecule has 1 aromatic carbocycles. The highest BCUT2D eigenvalue weighted by Crippen LogP contribution is 2.16. The average Bonchev–Trinajstić information content (AvgIpc) is 2.57. The van der Waals surface area contributed by atoms with Gasteiger partial charge in [0, 0.05) is 25.2 Å². The van der Waals surface area contributed by atoms with E-state index in [1.54, 1.807) is 12.1 Å². The van der Waals surface area contributed by atoms with E-state index in [4.69, 9.17) is 5.73 Å². The molecule has 0 radical (unpaired) electrons. The van der Waals surface area contributed by atoms with Crippen LogP contribution in [0.3, 0.4) is 0 Å². The van der Waals surface area contributed by atoms with Crippen molar-refractivity contribution in [1.29, 1.82) is 0 Å². The average molecular weight is 350 g/mol. The first-order valence-corrected chi connectivity index (χ1v) is 8.42. The van der Waals surface area contributed by atoms with Gasteiger partial charge in [-0.15, -0.1) is 0 Å². The van der Waals surface area contributed by atoms with E-state index in [9.17, 15) is 19.7 Å². The summed E-state index contributed by atoms with van der Waals surface area (Å²) in [6, 6.07) is 5.43. The van der Waals surface area contributed by atoms with Crippen molar-refractivity contribution >= 4 is 17.5 Å². The topological polar surface area (TPSA) is 119 Å². The molecular formula is C17H26N4O4. The van der Waals surface area contributed by atoms with Gasteiger partial charge in [-0.05, 0) is 24.9 Å². The predicted molar refractivity (Wildman–Crippen MR) is 94.7 cm³/mol. The van der Waals surface area contributed by atoms with E-state index < -0.39 is 16.9 Å². The summed E-state index contributed by atoms with van der Waals surface area (Å²) in [7, 11) is 0. The van der Waals surface area contributed by atoms with Gasteiger partial charge in [0.05, 0.1) is 17.4 Å². The monoisotopic (exact) mass is 350 g/mol. The van der Waals surface area contributed by atoms with Crippen molar-refractivity contribution in [2.75, 3.05) is 13.1 Å². The zero-order valence-electron chi connectivity index (χ0n) is 14.7. The molecule has 25 heavy (non-hydrogen) atoms. The number of nitro groups is 1. The summed E-state index contributed by atoms with van der Waals surface area (Å²) in [5.74, 6) is -0.766. The number of hydrogen-bond acceptors (Lipinski definition) is 5. The second-order valence-corrected chi connectivity index (χ2v) is 5.87. The van der Waals surface area contributed by atoms with E-state index in [1.807, 2.05) is 18.7 Å². The number of non-ortho nitro benzene ring substituents is 1. The Hall–Kier alpha value is -2.48. The first kappa shape index (κ1) is 20.6. The quantitative estimate of drug-likeness (QED) is 0.464. The van der Waals surface area contributed by atoms with Crippen LogP contribution < -0.4 is 11.1 Å². The second-order valence-electron chi connectivity index (χ2n) is 5.87. The van der Waals surface area contributed by atoms with Crippen LogP contribution in [0.2, 0.25) is 0 Å². The molecule has 0 spiro atoms. The van der Waals surface area contributed by atoms with Gasteiger partial charge in [0.2, 0.25) is 11.8 Å². The molecule has 138 valence electrons. The molecule has 0 heterocycles. The maximum Gasteiger partial charge on any atom is 0.269 e. The molecular weight excluding hydrogens is 324 g/mol. The van der Waals surface area contributed by atoms with E-state index in [0.29, 0.717) is 19.6 Å². The Morgan fingerprint density at radius 3 is 2.36 bits per heavy atom. The summed E-state index contributed by atoms with van der Waals surface area (Å²) >= 11 is 0. The zero-order chi connectivity index (χ0) is 18.8. The highest BCUT2D eigenvalue weighted by molar-refractivity contribution is 5.87.